The molecule has 0 fully saturated rings. The third kappa shape index (κ3) is 1.15. The predicted octanol–water partition coefficient (Wildman–Crippen LogP) is 2.08. The summed E-state index contributed by atoms with van der Waals surface area (Å²) in [6.07, 6.45) is 0. The van der Waals surface area contributed by atoms with Crippen molar-refractivity contribution in [1.82, 2.24) is 0 Å². The minimum absolute atomic E-state index is 0.451. The van der Waals surface area contributed by atoms with E-state index in [1.165, 1.54) is 0 Å². The Bertz CT molecular complexity index is 251. The van der Waals surface area contributed by atoms with Crippen molar-refractivity contribution in [3.05, 3.63) is 29.2 Å². The van der Waals surface area contributed by atoms with Crippen LogP contribution in [0.25, 0.3) is 4.98 Å². The van der Waals surface area contributed by atoms with Gasteiger partial charge in [-0.25, -0.2) is 0 Å². The van der Waals surface area contributed by atoms with E-state index in [1.807, 2.05) is 0 Å². The van der Waals surface area contributed by atoms with Gasteiger partial charge in [-0.2, -0.15) is 0 Å². The first-order valence-electron chi connectivity index (χ1n) is 2.46. The number of hydrogen-bond donors (Lipinski definition) is 0. The zero-order valence-electron chi connectivity index (χ0n) is 4.61. The van der Waals surface area contributed by atoms with Crippen LogP contribution < -0.4 is 0 Å². The van der Waals surface area contributed by atoms with Crippen LogP contribution in [-0.2, 0) is 12.6 Å². The maximum absolute atomic E-state index is 8.28. The van der Waals surface area contributed by atoms with E-state index in [1.54, 1.807) is 24.3 Å². The maximum Gasteiger partial charge on any atom is 0.366 e. The molecule has 1 aromatic carbocycles. The van der Waals surface area contributed by atoms with E-state index in [0.717, 1.165) is 0 Å². The minimum atomic E-state index is 0.451. The van der Waals surface area contributed by atoms with Crippen LogP contribution in [0.2, 0.25) is 0 Å². The molecule has 0 amide bonds. The van der Waals surface area contributed by atoms with Crippen LogP contribution >= 0.6 is 0 Å². The van der Waals surface area contributed by atoms with Gasteiger partial charge in [0.1, 0.15) is 0 Å². The van der Waals surface area contributed by atoms with Gasteiger partial charge in [0, 0.05) is 6.07 Å². The van der Waals surface area contributed by atoms with Crippen molar-refractivity contribution in [3.8, 4) is 0 Å². The van der Waals surface area contributed by atoms with Crippen molar-refractivity contribution < 1.29 is 0 Å². The summed E-state index contributed by atoms with van der Waals surface area (Å²) in [5.41, 5.74) is 0.451. The Balaban J connectivity index is 3.20. The first kappa shape index (κ1) is 5.99. The van der Waals surface area contributed by atoms with Crippen molar-refractivity contribution in [1.29, 1.82) is 5.39 Å². The normalized spacial score (nSPS) is 8.33. The molecule has 44 valence electrons. The number of benzene rings is 1. The lowest BCUT2D eigenvalue weighted by Gasteiger charge is -1.95. The van der Waals surface area contributed by atoms with E-state index in [2.05, 4.69) is 4.98 Å². The highest BCUT2D eigenvalue weighted by Crippen LogP contribution is 2.16. The lowest BCUT2D eigenvalue weighted by Crippen LogP contribution is -1.66. The van der Waals surface area contributed by atoms with Gasteiger partial charge in [-0.15, -0.1) is 0 Å². The Morgan fingerprint density at radius 1 is 1.33 bits per heavy atom. The topological polar surface area (TPSA) is 28.1 Å². The maximum atomic E-state index is 8.28. The summed E-state index contributed by atoms with van der Waals surface area (Å²) in [7, 11) is 0. The second-order valence-electron chi connectivity index (χ2n) is 1.57. The van der Waals surface area contributed by atoms with Crippen molar-refractivity contribution >= 4 is 18.3 Å². The second-order valence-corrected chi connectivity index (χ2v) is 2.01. The first-order chi connectivity index (χ1) is 4.34. The number of nitrogens with zero attached hydrogens (tertiary/aromatic N) is 2. The molecule has 0 N–H and O–H groups in total. The average molecular weight is 136 g/mol. The van der Waals surface area contributed by atoms with Crippen molar-refractivity contribution in [3.63, 3.8) is 0 Å². The van der Waals surface area contributed by atoms with Crippen LogP contribution in [0, 0.1) is 5.39 Å². The Hall–Kier alpha value is -1.14. The Morgan fingerprint density at radius 3 is 2.44 bits per heavy atom. The van der Waals surface area contributed by atoms with Crippen LogP contribution in [0.4, 0.5) is 5.69 Å². The molecule has 9 heavy (non-hydrogen) atoms. The third-order valence-electron chi connectivity index (χ3n) is 0.973. The van der Waals surface area contributed by atoms with Crippen LogP contribution in [0.3, 0.4) is 0 Å². The molecule has 1 rings (SSSR count). The third-order valence-corrected chi connectivity index (χ3v) is 1.32. The molecule has 0 saturated carbocycles. The smallest absolute Gasteiger partial charge is 0.366 e. The minimum Gasteiger partial charge on any atom is -0.772 e. The number of diazo groups is 1. The zero-order chi connectivity index (χ0) is 6.69. The second kappa shape index (κ2) is 2.42. The summed E-state index contributed by atoms with van der Waals surface area (Å²) in [6, 6.07) is 6.94. The van der Waals surface area contributed by atoms with Crippen LogP contribution in [-0.4, -0.2) is 0 Å². The summed E-state index contributed by atoms with van der Waals surface area (Å²) >= 11 is 4.80. The van der Waals surface area contributed by atoms with Gasteiger partial charge in [0.05, 0.1) is 0 Å². The van der Waals surface area contributed by atoms with Gasteiger partial charge in [-0.05, 0) is 0 Å². The summed E-state index contributed by atoms with van der Waals surface area (Å²) in [4.78, 5) is 3.54. The number of rotatable bonds is 0. The van der Waals surface area contributed by atoms with Crippen LogP contribution in [0.15, 0.2) is 29.2 Å². The van der Waals surface area contributed by atoms with E-state index >= 15 is 0 Å². The van der Waals surface area contributed by atoms with Gasteiger partial charge in [-0.1, -0.05) is 23.1 Å². The van der Waals surface area contributed by atoms with Gasteiger partial charge in [0.15, 0.2) is 4.98 Å². The van der Waals surface area contributed by atoms with E-state index in [9.17, 15) is 0 Å². The Labute approximate surface area is 58.5 Å². The molecule has 0 aliphatic rings. The summed E-state index contributed by atoms with van der Waals surface area (Å²) in [5, 5.41) is 8.28. The van der Waals surface area contributed by atoms with Crippen LogP contribution in [0.1, 0.15) is 0 Å². The van der Waals surface area contributed by atoms with E-state index in [0.29, 0.717) is 10.6 Å². The quantitative estimate of drug-likeness (QED) is 0.403. The molecule has 2 nitrogen and oxygen atoms in total. The summed E-state index contributed by atoms with van der Waals surface area (Å²) in [6.45, 7) is 0. The Morgan fingerprint density at radius 2 is 2.00 bits per heavy atom. The number of hydrogen-bond acceptors (Lipinski definition) is 2. The van der Waals surface area contributed by atoms with E-state index < -0.39 is 0 Å². The molecule has 0 radical (unpaired) electrons. The Kier molecular flexibility index (Phi) is 1.61. The van der Waals surface area contributed by atoms with Gasteiger partial charge >= 0.3 is 5.69 Å². The highest BCUT2D eigenvalue weighted by atomic mass is 32.1. The molecular formula is C6H4N2S. The average Bonchev–Trinajstić information content (AvgIpc) is 1.89. The van der Waals surface area contributed by atoms with Crippen molar-refractivity contribution in [2.45, 2.75) is 4.90 Å². The molecule has 0 aliphatic carbocycles. The molecule has 0 spiro atoms. The lowest BCUT2D eigenvalue weighted by molar-refractivity contribution is 1.40. The largest absolute Gasteiger partial charge is 0.772 e. The van der Waals surface area contributed by atoms with Gasteiger partial charge in [0.2, 0.25) is 5.39 Å². The zero-order valence-corrected chi connectivity index (χ0v) is 5.43. The molecule has 0 atom stereocenters. The van der Waals surface area contributed by atoms with Gasteiger partial charge < -0.3 is 12.6 Å². The predicted molar refractivity (Wildman–Crippen MR) is 36.8 cm³/mol. The van der Waals surface area contributed by atoms with E-state index in [4.69, 9.17) is 18.0 Å². The van der Waals surface area contributed by atoms with Gasteiger partial charge in [-0.3, -0.25) is 0 Å². The molecule has 3 heteroatoms. The van der Waals surface area contributed by atoms with Crippen molar-refractivity contribution in [2.75, 3.05) is 0 Å². The summed E-state index contributed by atoms with van der Waals surface area (Å²) in [5.74, 6) is 0. The molecule has 0 aliphatic heterocycles. The lowest BCUT2D eigenvalue weighted by atomic mass is 10.3. The highest BCUT2D eigenvalue weighted by molar-refractivity contribution is 7.59. The van der Waals surface area contributed by atoms with Crippen LogP contribution in [0.5, 0.6) is 0 Å². The molecule has 0 bridgehead atoms. The molecule has 1 aromatic rings. The van der Waals surface area contributed by atoms with Gasteiger partial charge in [0.25, 0.3) is 0 Å². The summed E-state index contributed by atoms with van der Waals surface area (Å²) < 4.78 is 0. The van der Waals surface area contributed by atoms with E-state index in [-0.39, 0.29) is 0 Å². The standard InChI is InChI=1S/C6H4N2S/c7-8-5-3-1-2-4-6(5)9/h1-4H. The highest BCUT2D eigenvalue weighted by Gasteiger charge is 1.98. The fourth-order valence-corrected chi connectivity index (χ4v) is 0.727. The molecule has 0 aromatic heterocycles. The molecule has 0 saturated heterocycles. The SMILES string of the molecule is N#[N+]c1ccccc1[S-]. The fraction of sp³-hybridized carbons (Fsp3) is 0. The monoisotopic (exact) mass is 136 g/mol. The van der Waals surface area contributed by atoms with Crippen molar-refractivity contribution in [2.24, 2.45) is 0 Å². The fourth-order valence-electron chi connectivity index (χ4n) is 0.540. The molecule has 0 heterocycles. The molecular weight excluding hydrogens is 132 g/mol. The first-order valence-corrected chi connectivity index (χ1v) is 2.86. The molecule has 0 unspecified atom stereocenters.